The van der Waals surface area contributed by atoms with Gasteiger partial charge in [0.15, 0.2) is 6.10 Å². The molecule has 2 N–H and O–H groups in total. The fourth-order valence-electron chi connectivity index (χ4n) is 3.23. The van der Waals surface area contributed by atoms with Crippen LogP contribution in [0.1, 0.15) is 33.2 Å². The predicted molar refractivity (Wildman–Crippen MR) is 98.8 cm³/mol. The van der Waals surface area contributed by atoms with Gasteiger partial charge < -0.3 is 14.6 Å². The molecule has 0 aliphatic carbocycles. The van der Waals surface area contributed by atoms with Crippen molar-refractivity contribution in [2.75, 3.05) is 7.11 Å². The summed E-state index contributed by atoms with van der Waals surface area (Å²) in [4.78, 5) is 39.0. The third kappa shape index (κ3) is 2.84. The minimum absolute atomic E-state index is 0.0146. The van der Waals surface area contributed by atoms with Crippen LogP contribution < -0.4 is 16.0 Å². The Morgan fingerprint density at radius 3 is 2.54 bits per heavy atom. The van der Waals surface area contributed by atoms with Crippen molar-refractivity contribution >= 4 is 5.97 Å². The number of carbonyl (C=O) groups is 1. The van der Waals surface area contributed by atoms with Gasteiger partial charge in [-0.05, 0) is 23.8 Å². The topological polar surface area (TPSA) is 111 Å². The zero-order chi connectivity index (χ0) is 19.8. The number of carbonyl (C=O) groups excluding carboxylic acids is 1. The summed E-state index contributed by atoms with van der Waals surface area (Å²) in [5.74, 6) is -0.483. The van der Waals surface area contributed by atoms with Gasteiger partial charge in [-0.2, -0.15) is 0 Å². The lowest BCUT2D eigenvalue weighted by atomic mass is 10.0. The number of cyclic esters (lactones) is 1. The van der Waals surface area contributed by atoms with Crippen molar-refractivity contribution in [2.24, 2.45) is 0 Å². The fraction of sp³-hybridized carbons (Fsp3) is 0.150. The number of nitrogens with one attached hydrogen (secondary N) is 1. The molecule has 1 aliphatic rings. The van der Waals surface area contributed by atoms with E-state index in [-0.39, 0.29) is 12.1 Å². The summed E-state index contributed by atoms with van der Waals surface area (Å²) >= 11 is 0. The second kappa shape index (κ2) is 6.73. The van der Waals surface area contributed by atoms with Gasteiger partial charge in [0.05, 0.1) is 19.2 Å². The summed E-state index contributed by atoms with van der Waals surface area (Å²) in [5.41, 5.74) is -0.267. The number of H-pyrrole nitrogens is 1. The van der Waals surface area contributed by atoms with E-state index in [4.69, 9.17) is 9.47 Å². The van der Waals surface area contributed by atoms with E-state index in [1.165, 1.54) is 0 Å². The van der Waals surface area contributed by atoms with Crippen LogP contribution in [-0.4, -0.2) is 27.7 Å². The van der Waals surface area contributed by atoms with Crippen LogP contribution in [0.15, 0.2) is 58.1 Å². The second-order valence-corrected chi connectivity index (χ2v) is 6.30. The fourth-order valence-corrected chi connectivity index (χ4v) is 3.23. The molecule has 4 rings (SSSR count). The van der Waals surface area contributed by atoms with Gasteiger partial charge in [-0.25, -0.2) is 9.59 Å². The molecule has 28 heavy (non-hydrogen) atoms. The Kier molecular flexibility index (Phi) is 4.23. The first-order valence-electron chi connectivity index (χ1n) is 8.48. The number of aromatic hydroxyl groups is 1. The Morgan fingerprint density at radius 1 is 1.11 bits per heavy atom. The smallest absolute Gasteiger partial charge is 0.339 e. The predicted octanol–water partition coefficient (Wildman–Crippen LogP) is 1.56. The zero-order valence-electron chi connectivity index (χ0n) is 14.8. The van der Waals surface area contributed by atoms with Gasteiger partial charge in [0, 0.05) is 5.56 Å². The maximum Gasteiger partial charge on any atom is 0.339 e. The number of methoxy groups -OCH3 is 1. The molecule has 1 aliphatic heterocycles. The number of aromatic nitrogens is 2. The van der Waals surface area contributed by atoms with Crippen LogP contribution in [0.25, 0.3) is 0 Å². The van der Waals surface area contributed by atoms with E-state index in [0.717, 1.165) is 4.57 Å². The molecule has 0 saturated heterocycles. The van der Waals surface area contributed by atoms with Crippen LogP contribution >= 0.6 is 0 Å². The van der Waals surface area contributed by atoms with Crippen LogP contribution in [0, 0.1) is 0 Å². The molecule has 0 saturated carbocycles. The van der Waals surface area contributed by atoms with E-state index in [2.05, 4.69) is 4.98 Å². The molecule has 1 unspecified atom stereocenters. The summed E-state index contributed by atoms with van der Waals surface area (Å²) in [6, 6.07) is 13.5. The van der Waals surface area contributed by atoms with E-state index < -0.39 is 29.2 Å². The summed E-state index contributed by atoms with van der Waals surface area (Å²) in [6.45, 7) is 0.0146. The molecule has 0 bridgehead atoms. The highest BCUT2D eigenvalue weighted by Crippen LogP contribution is 2.37. The van der Waals surface area contributed by atoms with E-state index in [1.54, 1.807) is 55.6 Å². The summed E-state index contributed by atoms with van der Waals surface area (Å²) in [5, 5.41) is 10.7. The van der Waals surface area contributed by atoms with Gasteiger partial charge in [-0.15, -0.1) is 0 Å². The summed E-state index contributed by atoms with van der Waals surface area (Å²) in [6.07, 6.45) is -1.09. The summed E-state index contributed by atoms with van der Waals surface area (Å²) < 4.78 is 11.4. The molecular formula is C20H16N2O6. The van der Waals surface area contributed by atoms with Crippen LogP contribution in [0.3, 0.4) is 0 Å². The van der Waals surface area contributed by atoms with Gasteiger partial charge in [-0.3, -0.25) is 14.3 Å². The lowest BCUT2D eigenvalue weighted by molar-refractivity contribution is 0.0448. The van der Waals surface area contributed by atoms with Gasteiger partial charge in [0.2, 0.25) is 5.88 Å². The number of fused-ring (bicyclic) bond motifs is 1. The van der Waals surface area contributed by atoms with Crippen molar-refractivity contribution in [1.29, 1.82) is 0 Å². The van der Waals surface area contributed by atoms with Crippen molar-refractivity contribution in [2.45, 2.75) is 12.6 Å². The quantitative estimate of drug-likeness (QED) is 0.665. The number of rotatable bonds is 4. The Labute approximate surface area is 158 Å². The molecule has 8 heteroatoms. The molecular weight excluding hydrogens is 364 g/mol. The number of esters is 1. The third-order valence-corrected chi connectivity index (χ3v) is 4.66. The highest BCUT2D eigenvalue weighted by molar-refractivity contribution is 5.94. The number of ether oxygens (including phenoxy) is 2. The lowest BCUT2D eigenvalue weighted by Gasteiger charge is -2.15. The highest BCUT2D eigenvalue weighted by Gasteiger charge is 2.36. The van der Waals surface area contributed by atoms with Gasteiger partial charge >= 0.3 is 11.7 Å². The molecule has 2 heterocycles. The number of nitrogens with zero attached hydrogens (tertiary/aromatic N) is 1. The van der Waals surface area contributed by atoms with Crippen LogP contribution in [0.4, 0.5) is 0 Å². The van der Waals surface area contributed by atoms with Crippen molar-refractivity contribution in [3.63, 3.8) is 0 Å². The van der Waals surface area contributed by atoms with Crippen LogP contribution in [0.2, 0.25) is 0 Å². The van der Waals surface area contributed by atoms with Crippen molar-refractivity contribution in [3.05, 3.63) is 91.6 Å². The number of aromatic amines is 1. The number of hydrogen-bond acceptors (Lipinski definition) is 6. The molecule has 0 fully saturated rings. The van der Waals surface area contributed by atoms with Gasteiger partial charge in [0.1, 0.15) is 11.3 Å². The maximum absolute atomic E-state index is 12.4. The maximum atomic E-state index is 12.4. The molecule has 0 radical (unpaired) electrons. The molecule has 0 amide bonds. The first-order valence-corrected chi connectivity index (χ1v) is 8.48. The Morgan fingerprint density at radius 2 is 1.82 bits per heavy atom. The normalized spacial score (nSPS) is 15.2. The van der Waals surface area contributed by atoms with E-state index in [9.17, 15) is 19.5 Å². The Bertz CT molecular complexity index is 1180. The SMILES string of the molecule is COc1ccc(Cn2c(O)c(C3OC(=O)c4ccccc43)c(=O)[nH]c2=O)cc1. The molecule has 1 atom stereocenters. The largest absolute Gasteiger partial charge is 0.497 e. The molecule has 142 valence electrons. The van der Waals surface area contributed by atoms with Crippen molar-refractivity contribution in [1.82, 2.24) is 9.55 Å². The minimum atomic E-state index is -1.09. The van der Waals surface area contributed by atoms with Crippen LogP contribution in [-0.2, 0) is 11.3 Å². The van der Waals surface area contributed by atoms with Gasteiger partial charge in [-0.1, -0.05) is 30.3 Å². The standard InChI is InChI=1S/C20H16N2O6/c1-27-12-8-6-11(7-9-12)10-22-18(24)15(17(23)21-20(22)26)16-13-4-2-3-5-14(13)19(25)28-16/h2-9,16,24H,10H2,1H3,(H,21,23,26). The first kappa shape index (κ1) is 17.6. The van der Waals surface area contributed by atoms with Crippen molar-refractivity contribution in [3.8, 4) is 11.6 Å². The van der Waals surface area contributed by atoms with E-state index in [0.29, 0.717) is 22.4 Å². The molecule has 1 aromatic heterocycles. The lowest BCUT2D eigenvalue weighted by Crippen LogP contribution is -2.33. The first-order chi connectivity index (χ1) is 13.5. The summed E-state index contributed by atoms with van der Waals surface area (Å²) in [7, 11) is 1.54. The number of benzene rings is 2. The number of hydrogen-bond donors (Lipinski definition) is 2. The molecule has 8 nitrogen and oxygen atoms in total. The van der Waals surface area contributed by atoms with Crippen molar-refractivity contribution < 1.29 is 19.4 Å². The molecule has 0 spiro atoms. The average molecular weight is 380 g/mol. The zero-order valence-corrected chi connectivity index (χ0v) is 14.8. The second-order valence-electron chi connectivity index (χ2n) is 6.30. The Hall–Kier alpha value is -3.81. The monoisotopic (exact) mass is 380 g/mol. The van der Waals surface area contributed by atoms with Crippen LogP contribution in [0.5, 0.6) is 11.6 Å². The van der Waals surface area contributed by atoms with E-state index in [1.807, 2.05) is 0 Å². The molecule has 2 aromatic carbocycles. The minimum Gasteiger partial charge on any atom is -0.497 e. The van der Waals surface area contributed by atoms with Gasteiger partial charge in [0.25, 0.3) is 5.56 Å². The average Bonchev–Trinajstić information content (AvgIpc) is 3.02. The Balaban J connectivity index is 1.80. The highest BCUT2D eigenvalue weighted by atomic mass is 16.5. The van der Waals surface area contributed by atoms with E-state index >= 15 is 0 Å². The third-order valence-electron chi connectivity index (χ3n) is 4.66. The molecule has 3 aromatic rings.